The van der Waals surface area contributed by atoms with E-state index < -0.39 is 10.0 Å². The number of hydrogen-bond acceptors (Lipinski definition) is 4. The first kappa shape index (κ1) is 16.6. The summed E-state index contributed by atoms with van der Waals surface area (Å²) in [5, 5.41) is 0. The highest BCUT2D eigenvalue weighted by atomic mass is 32.2. The fraction of sp³-hybridized carbons (Fsp3) is 0.333. The van der Waals surface area contributed by atoms with E-state index in [1.165, 1.54) is 0 Å². The average Bonchev–Trinajstić information content (AvgIpc) is 2.93. The largest absolute Gasteiger partial charge is 0.454 e. The molecule has 6 heteroatoms. The maximum absolute atomic E-state index is 12.8. The smallest absolute Gasteiger partial charge is 0.262 e. The Kier molecular flexibility index (Phi) is 3.95. The van der Waals surface area contributed by atoms with Gasteiger partial charge in [0.15, 0.2) is 11.5 Å². The minimum absolute atomic E-state index is 0.128. The summed E-state index contributed by atoms with van der Waals surface area (Å²) in [6.45, 7) is 8.11. The summed E-state index contributed by atoms with van der Waals surface area (Å²) in [5.41, 5.74) is 1.99. The lowest BCUT2D eigenvalue weighted by Crippen LogP contribution is -2.17. The Bertz CT molecular complexity index is 882. The molecule has 0 aliphatic carbocycles. The summed E-state index contributed by atoms with van der Waals surface area (Å²) < 4.78 is 38.8. The predicted octanol–water partition coefficient (Wildman–Crippen LogP) is 3.82. The van der Waals surface area contributed by atoms with E-state index in [9.17, 15) is 8.42 Å². The third-order valence-corrected chi connectivity index (χ3v) is 5.49. The number of benzene rings is 2. The Morgan fingerprint density at radius 1 is 1.00 bits per heavy atom. The van der Waals surface area contributed by atoms with Gasteiger partial charge in [0, 0.05) is 6.07 Å². The SMILES string of the molecule is Cc1ccc(C(C)(C)C)cc1S(=O)(=O)Nc1ccc2c(c1)OCO2. The standard InChI is InChI=1S/C18H21NO4S/c1-12-5-6-13(18(2,3)4)9-17(12)24(20,21)19-14-7-8-15-16(10-14)23-11-22-15/h5-10,19H,11H2,1-4H3. The van der Waals surface area contributed by atoms with Crippen molar-refractivity contribution in [1.29, 1.82) is 0 Å². The van der Waals surface area contributed by atoms with Crippen LogP contribution in [0.15, 0.2) is 41.3 Å². The number of fused-ring (bicyclic) bond motifs is 1. The van der Waals surface area contributed by atoms with Crippen molar-refractivity contribution in [3.05, 3.63) is 47.5 Å². The van der Waals surface area contributed by atoms with E-state index in [1.807, 2.05) is 12.1 Å². The van der Waals surface area contributed by atoms with Crippen LogP contribution < -0.4 is 14.2 Å². The molecule has 2 aromatic carbocycles. The second-order valence-electron chi connectivity index (χ2n) is 6.90. The summed E-state index contributed by atoms with van der Waals surface area (Å²) in [7, 11) is -3.69. The summed E-state index contributed by atoms with van der Waals surface area (Å²) >= 11 is 0. The molecule has 5 nitrogen and oxygen atoms in total. The first-order valence-corrected chi connectivity index (χ1v) is 9.19. The van der Waals surface area contributed by atoms with Crippen molar-refractivity contribution in [2.45, 2.75) is 38.0 Å². The van der Waals surface area contributed by atoms with Crippen LogP contribution in [0.1, 0.15) is 31.9 Å². The summed E-state index contributed by atoms with van der Waals surface area (Å²) in [4.78, 5) is 0.285. The number of ether oxygens (including phenoxy) is 2. The average molecular weight is 347 g/mol. The molecule has 0 atom stereocenters. The molecule has 1 aliphatic rings. The predicted molar refractivity (Wildman–Crippen MR) is 93.3 cm³/mol. The molecule has 1 heterocycles. The summed E-state index contributed by atoms with van der Waals surface area (Å²) in [6.07, 6.45) is 0. The fourth-order valence-electron chi connectivity index (χ4n) is 2.53. The molecule has 0 aromatic heterocycles. The number of hydrogen-bond donors (Lipinski definition) is 1. The molecule has 0 saturated heterocycles. The van der Waals surface area contributed by atoms with Crippen LogP contribution in [0.25, 0.3) is 0 Å². The quantitative estimate of drug-likeness (QED) is 0.917. The minimum atomic E-state index is -3.69. The van der Waals surface area contributed by atoms with E-state index in [0.717, 1.165) is 5.56 Å². The number of sulfonamides is 1. The molecule has 2 aromatic rings. The van der Waals surface area contributed by atoms with Gasteiger partial charge in [-0.3, -0.25) is 4.72 Å². The molecule has 0 saturated carbocycles. The second kappa shape index (κ2) is 5.70. The molecular weight excluding hydrogens is 326 g/mol. The number of rotatable bonds is 3. The number of anilines is 1. The van der Waals surface area contributed by atoms with Crippen LogP contribution in [0, 0.1) is 6.92 Å². The van der Waals surface area contributed by atoms with Crippen molar-refractivity contribution in [3.8, 4) is 11.5 Å². The van der Waals surface area contributed by atoms with Crippen molar-refractivity contribution in [2.75, 3.05) is 11.5 Å². The highest BCUT2D eigenvalue weighted by Gasteiger charge is 2.22. The molecule has 0 unspecified atom stereocenters. The second-order valence-corrected chi connectivity index (χ2v) is 8.55. The zero-order valence-corrected chi connectivity index (χ0v) is 15.0. The van der Waals surface area contributed by atoms with E-state index >= 15 is 0 Å². The lowest BCUT2D eigenvalue weighted by atomic mass is 9.87. The van der Waals surface area contributed by atoms with E-state index in [0.29, 0.717) is 22.7 Å². The van der Waals surface area contributed by atoms with Crippen molar-refractivity contribution in [3.63, 3.8) is 0 Å². The monoisotopic (exact) mass is 347 g/mol. The Hall–Kier alpha value is -2.21. The molecule has 24 heavy (non-hydrogen) atoms. The maximum Gasteiger partial charge on any atom is 0.262 e. The van der Waals surface area contributed by atoms with E-state index in [2.05, 4.69) is 25.5 Å². The normalized spacial score (nSPS) is 13.8. The van der Waals surface area contributed by atoms with Gasteiger partial charge in [-0.2, -0.15) is 0 Å². The van der Waals surface area contributed by atoms with Crippen LogP contribution in [0.4, 0.5) is 5.69 Å². The molecule has 0 amide bonds. The van der Waals surface area contributed by atoms with Crippen molar-refractivity contribution in [2.24, 2.45) is 0 Å². The highest BCUT2D eigenvalue weighted by molar-refractivity contribution is 7.92. The van der Waals surface area contributed by atoms with Gasteiger partial charge < -0.3 is 9.47 Å². The molecule has 0 spiro atoms. The zero-order chi connectivity index (χ0) is 17.5. The Labute approximate surface area is 142 Å². The minimum Gasteiger partial charge on any atom is -0.454 e. The van der Waals surface area contributed by atoms with Gasteiger partial charge >= 0.3 is 0 Å². The van der Waals surface area contributed by atoms with E-state index in [1.54, 1.807) is 31.2 Å². The molecule has 0 fully saturated rings. The molecule has 128 valence electrons. The lowest BCUT2D eigenvalue weighted by molar-refractivity contribution is 0.174. The molecule has 3 rings (SSSR count). The summed E-state index contributed by atoms with van der Waals surface area (Å²) in [5.74, 6) is 1.15. The Balaban J connectivity index is 1.96. The van der Waals surface area contributed by atoms with Gasteiger partial charge in [-0.1, -0.05) is 32.9 Å². The van der Waals surface area contributed by atoms with Crippen molar-refractivity contribution >= 4 is 15.7 Å². The highest BCUT2D eigenvalue weighted by Crippen LogP contribution is 2.35. The van der Waals surface area contributed by atoms with Crippen LogP contribution in [0.2, 0.25) is 0 Å². The van der Waals surface area contributed by atoms with Gasteiger partial charge in [-0.25, -0.2) is 8.42 Å². The number of aryl methyl sites for hydroxylation is 1. The molecule has 1 aliphatic heterocycles. The van der Waals surface area contributed by atoms with Crippen LogP contribution in [-0.4, -0.2) is 15.2 Å². The van der Waals surface area contributed by atoms with E-state index in [4.69, 9.17) is 9.47 Å². The zero-order valence-electron chi connectivity index (χ0n) is 14.2. The van der Waals surface area contributed by atoms with Gasteiger partial charge in [-0.15, -0.1) is 0 Å². The lowest BCUT2D eigenvalue weighted by Gasteiger charge is -2.21. The Morgan fingerprint density at radius 2 is 1.71 bits per heavy atom. The fourth-order valence-corrected chi connectivity index (χ4v) is 3.85. The Morgan fingerprint density at radius 3 is 2.42 bits per heavy atom. The topological polar surface area (TPSA) is 64.6 Å². The summed E-state index contributed by atoms with van der Waals surface area (Å²) in [6, 6.07) is 10.5. The van der Waals surface area contributed by atoms with Gasteiger partial charge in [0.05, 0.1) is 10.6 Å². The van der Waals surface area contributed by atoms with Gasteiger partial charge in [0.2, 0.25) is 6.79 Å². The van der Waals surface area contributed by atoms with Crippen molar-refractivity contribution in [1.82, 2.24) is 0 Å². The van der Waals surface area contributed by atoms with Gasteiger partial charge in [0.25, 0.3) is 10.0 Å². The first-order chi connectivity index (χ1) is 11.2. The van der Waals surface area contributed by atoms with Crippen molar-refractivity contribution < 1.29 is 17.9 Å². The van der Waals surface area contributed by atoms with E-state index in [-0.39, 0.29) is 17.1 Å². The maximum atomic E-state index is 12.8. The first-order valence-electron chi connectivity index (χ1n) is 7.70. The third kappa shape index (κ3) is 3.19. The third-order valence-electron chi connectivity index (χ3n) is 3.97. The van der Waals surface area contributed by atoms with Crippen LogP contribution >= 0.6 is 0 Å². The van der Waals surface area contributed by atoms with Crippen LogP contribution in [0.5, 0.6) is 11.5 Å². The van der Waals surface area contributed by atoms with Gasteiger partial charge in [0.1, 0.15) is 0 Å². The number of nitrogens with one attached hydrogen (secondary N) is 1. The molecule has 0 radical (unpaired) electrons. The molecule has 1 N–H and O–H groups in total. The van der Waals surface area contributed by atoms with Crippen LogP contribution in [-0.2, 0) is 15.4 Å². The molecular formula is C18H21NO4S. The molecule has 0 bridgehead atoms. The van der Waals surface area contributed by atoms with Gasteiger partial charge in [-0.05, 0) is 41.7 Å². The van der Waals surface area contributed by atoms with Crippen LogP contribution in [0.3, 0.4) is 0 Å².